The van der Waals surface area contributed by atoms with Crippen LogP contribution in [0, 0.1) is 6.92 Å². The fourth-order valence-electron chi connectivity index (χ4n) is 3.27. The Hall–Kier alpha value is -1.06. The zero-order valence-electron chi connectivity index (χ0n) is 12.4. The van der Waals surface area contributed by atoms with Gasteiger partial charge >= 0.3 is 0 Å². The molecule has 1 saturated heterocycles. The zero-order chi connectivity index (χ0) is 13.8. The van der Waals surface area contributed by atoms with Crippen molar-refractivity contribution >= 4 is 0 Å². The molecule has 1 N–H and O–H groups in total. The minimum Gasteiger partial charge on any atom is -0.493 e. The highest BCUT2D eigenvalue weighted by molar-refractivity contribution is 5.43. The molecule has 3 heteroatoms. The molecule has 0 spiro atoms. The van der Waals surface area contributed by atoms with Crippen molar-refractivity contribution in [1.82, 2.24) is 5.32 Å². The fraction of sp³-hybridized carbons (Fsp3) is 0.647. The summed E-state index contributed by atoms with van der Waals surface area (Å²) in [7, 11) is 0. The van der Waals surface area contributed by atoms with Gasteiger partial charge in [0.05, 0.1) is 12.7 Å². The maximum Gasteiger partial charge on any atom is 0.126 e. The van der Waals surface area contributed by atoms with Crippen molar-refractivity contribution in [2.24, 2.45) is 0 Å². The van der Waals surface area contributed by atoms with E-state index in [9.17, 15) is 0 Å². The summed E-state index contributed by atoms with van der Waals surface area (Å²) in [4.78, 5) is 0. The van der Waals surface area contributed by atoms with Crippen molar-refractivity contribution in [3.8, 4) is 5.75 Å². The Morgan fingerprint density at radius 3 is 2.95 bits per heavy atom. The van der Waals surface area contributed by atoms with Crippen molar-refractivity contribution in [2.45, 2.75) is 51.2 Å². The highest BCUT2D eigenvalue weighted by atomic mass is 16.5. The topological polar surface area (TPSA) is 30.5 Å². The maximum atomic E-state index is 5.92. The second kappa shape index (κ2) is 6.59. The van der Waals surface area contributed by atoms with E-state index in [0.717, 1.165) is 44.8 Å². The van der Waals surface area contributed by atoms with Crippen LogP contribution in [0.25, 0.3) is 0 Å². The minimum absolute atomic E-state index is 0.425. The molecular formula is C17H25NO2. The van der Waals surface area contributed by atoms with E-state index >= 15 is 0 Å². The Balaban J connectivity index is 1.62. The SMILES string of the molecule is Cc1cccc2c1OCCCC2NCCC1CCCO1. The molecule has 0 bridgehead atoms. The van der Waals surface area contributed by atoms with Crippen molar-refractivity contribution in [2.75, 3.05) is 19.8 Å². The van der Waals surface area contributed by atoms with Crippen LogP contribution in [0.2, 0.25) is 0 Å². The van der Waals surface area contributed by atoms with E-state index in [-0.39, 0.29) is 0 Å². The lowest BCUT2D eigenvalue weighted by Crippen LogP contribution is -2.25. The normalized spacial score (nSPS) is 25.9. The quantitative estimate of drug-likeness (QED) is 0.914. The number of hydrogen-bond acceptors (Lipinski definition) is 3. The van der Waals surface area contributed by atoms with E-state index in [4.69, 9.17) is 9.47 Å². The van der Waals surface area contributed by atoms with Crippen LogP contribution in [-0.2, 0) is 4.74 Å². The van der Waals surface area contributed by atoms with Crippen LogP contribution in [0.3, 0.4) is 0 Å². The van der Waals surface area contributed by atoms with Crippen LogP contribution >= 0.6 is 0 Å². The Bertz CT molecular complexity index is 441. The molecule has 2 heterocycles. The molecule has 0 radical (unpaired) electrons. The number of aryl methyl sites for hydroxylation is 1. The molecule has 3 rings (SSSR count). The number of para-hydroxylation sites is 1. The van der Waals surface area contributed by atoms with Gasteiger partial charge in [-0.15, -0.1) is 0 Å². The highest BCUT2D eigenvalue weighted by Crippen LogP contribution is 2.34. The number of rotatable bonds is 4. The van der Waals surface area contributed by atoms with Crippen LogP contribution in [-0.4, -0.2) is 25.9 Å². The molecule has 0 aliphatic carbocycles. The second-order valence-corrected chi connectivity index (χ2v) is 5.91. The van der Waals surface area contributed by atoms with Gasteiger partial charge < -0.3 is 14.8 Å². The summed E-state index contributed by atoms with van der Waals surface area (Å²) in [6.07, 6.45) is 6.32. The van der Waals surface area contributed by atoms with E-state index in [1.807, 2.05) is 0 Å². The lowest BCUT2D eigenvalue weighted by atomic mass is 9.99. The Labute approximate surface area is 121 Å². The van der Waals surface area contributed by atoms with E-state index in [2.05, 4.69) is 30.4 Å². The van der Waals surface area contributed by atoms with Gasteiger partial charge in [0.15, 0.2) is 0 Å². The Kier molecular flexibility index (Phi) is 4.58. The maximum absolute atomic E-state index is 5.92. The first-order valence-corrected chi connectivity index (χ1v) is 7.92. The predicted octanol–water partition coefficient (Wildman–Crippen LogP) is 3.37. The molecule has 0 saturated carbocycles. The van der Waals surface area contributed by atoms with E-state index in [1.165, 1.54) is 24.0 Å². The third kappa shape index (κ3) is 3.15. The standard InChI is InChI=1S/C17H25NO2/c1-13-5-2-7-15-16(8-4-12-20-17(13)15)18-10-9-14-6-3-11-19-14/h2,5,7,14,16,18H,3-4,6,8-12H2,1H3. The molecule has 1 fully saturated rings. The number of fused-ring (bicyclic) bond motifs is 1. The smallest absolute Gasteiger partial charge is 0.126 e. The van der Waals surface area contributed by atoms with Gasteiger partial charge in [-0.2, -0.15) is 0 Å². The summed E-state index contributed by atoms with van der Waals surface area (Å²) in [6, 6.07) is 6.90. The van der Waals surface area contributed by atoms with Crippen LogP contribution < -0.4 is 10.1 Å². The molecule has 1 aromatic carbocycles. The Morgan fingerprint density at radius 2 is 2.10 bits per heavy atom. The molecule has 20 heavy (non-hydrogen) atoms. The second-order valence-electron chi connectivity index (χ2n) is 5.91. The number of hydrogen-bond donors (Lipinski definition) is 1. The highest BCUT2D eigenvalue weighted by Gasteiger charge is 2.21. The molecule has 1 aromatic rings. The van der Waals surface area contributed by atoms with E-state index < -0.39 is 0 Å². The van der Waals surface area contributed by atoms with Crippen molar-refractivity contribution in [1.29, 1.82) is 0 Å². The molecule has 3 nitrogen and oxygen atoms in total. The van der Waals surface area contributed by atoms with Gasteiger partial charge in [-0.1, -0.05) is 18.2 Å². The van der Waals surface area contributed by atoms with Crippen LogP contribution in [0.1, 0.15) is 49.3 Å². The molecule has 2 unspecified atom stereocenters. The molecule has 110 valence electrons. The largest absolute Gasteiger partial charge is 0.493 e. The number of nitrogens with one attached hydrogen (secondary N) is 1. The average Bonchev–Trinajstić information content (AvgIpc) is 2.87. The Morgan fingerprint density at radius 1 is 1.20 bits per heavy atom. The molecule has 0 aromatic heterocycles. The number of benzene rings is 1. The molecule has 2 aliphatic rings. The monoisotopic (exact) mass is 275 g/mol. The van der Waals surface area contributed by atoms with Gasteiger partial charge in [-0.25, -0.2) is 0 Å². The predicted molar refractivity (Wildman–Crippen MR) is 80.2 cm³/mol. The van der Waals surface area contributed by atoms with E-state index in [1.54, 1.807) is 0 Å². The van der Waals surface area contributed by atoms with Crippen molar-refractivity contribution < 1.29 is 9.47 Å². The van der Waals surface area contributed by atoms with Gasteiger partial charge in [0.2, 0.25) is 0 Å². The lowest BCUT2D eigenvalue weighted by Gasteiger charge is -2.20. The first kappa shape index (κ1) is 13.9. The summed E-state index contributed by atoms with van der Waals surface area (Å²) in [5.74, 6) is 1.10. The van der Waals surface area contributed by atoms with Crippen molar-refractivity contribution in [3.63, 3.8) is 0 Å². The van der Waals surface area contributed by atoms with Gasteiger partial charge in [-0.3, -0.25) is 0 Å². The van der Waals surface area contributed by atoms with Crippen LogP contribution in [0.15, 0.2) is 18.2 Å². The zero-order valence-corrected chi connectivity index (χ0v) is 12.4. The third-order valence-electron chi connectivity index (χ3n) is 4.38. The third-order valence-corrected chi connectivity index (χ3v) is 4.38. The van der Waals surface area contributed by atoms with Gasteiger partial charge in [-0.05, 0) is 51.1 Å². The minimum atomic E-state index is 0.425. The van der Waals surface area contributed by atoms with Gasteiger partial charge in [0.25, 0.3) is 0 Å². The lowest BCUT2D eigenvalue weighted by molar-refractivity contribution is 0.103. The fourth-order valence-corrected chi connectivity index (χ4v) is 3.27. The molecule has 0 amide bonds. The molecule has 2 aliphatic heterocycles. The summed E-state index contributed by atoms with van der Waals surface area (Å²) in [5.41, 5.74) is 2.57. The van der Waals surface area contributed by atoms with Crippen LogP contribution in [0.4, 0.5) is 0 Å². The first-order chi connectivity index (χ1) is 9.84. The van der Waals surface area contributed by atoms with Crippen molar-refractivity contribution in [3.05, 3.63) is 29.3 Å². The summed E-state index contributed by atoms with van der Waals surface area (Å²) in [6.45, 7) is 4.95. The summed E-state index contributed by atoms with van der Waals surface area (Å²) >= 11 is 0. The molecular weight excluding hydrogens is 250 g/mol. The summed E-state index contributed by atoms with van der Waals surface area (Å²) in [5, 5.41) is 3.71. The first-order valence-electron chi connectivity index (χ1n) is 7.92. The summed E-state index contributed by atoms with van der Waals surface area (Å²) < 4.78 is 11.6. The van der Waals surface area contributed by atoms with E-state index in [0.29, 0.717) is 12.1 Å². The molecule has 2 atom stereocenters. The van der Waals surface area contributed by atoms with Crippen LogP contribution in [0.5, 0.6) is 5.75 Å². The average molecular weight is 275 g/mol. The number of ether oxygens (including phenoxy) is 2. The van der Waals surface area contributed by atoms with Gasteiger partial charge in [0, 0.05) is 18.2 Å². The van der Waals surface area contributed by atoms with Gasteiger partial charge in [0.1, 0.15) is 5.75 Å².